The van der Waals surface area contributed by atoms with Crippen molar-refractivity contribution in [3.8, 4) is 0 Å². The van der Waals surface area contributed by atoms with E-state index in [1.165, 1.54) is 0 Å². The smallest absolute Gasteiger partial charge is 0.137 e. The van der Waals surface area contributed by atoms with Gasteiger partial charge in [-0.2, -0.15) is 0 Å². The van der Waals surface area contributed by atoms with E-state index in [1.807, 2.05) is 13.8 Å². The van der Waals surface area contributed by atoms with Crippen LogP contribution in [0.15, 0.2) is 33.5 Å². The van der Waals surface area contributed by atoms with E-state index >= 15 is 0 Å². The van der Waals surface area contributed by atoms with Crippen molar-refractivity contribution in [1.29, 1.82) is 0 Å². The Morgan fingerprint density at radius 3 is 1.59 bits per heavy atom. The van der Waals surface area contributed by atoms with Crippen LogP contribution in [0.1, 0.15) is 41.5 Å². The van der Waals surface area contributed by atoms with Crippen molar-refractivity contribution in [3.63, 3.8) is 0 Å². The molecule has 0 aromatic carbocycles. The first-order chi connectivity index (χ1) is 10.0. The van der Waals surface area contributed by atoms with Gasteiger partial charge in [-0.3, -0.25) is 0 Å². The Labute approximate surface area is 155 Å². The minimum Gasteiger partial charge on any atom is -0.240 e. The van der Waals surface area contributed by atoms with Crippen LogP contribution in [0.5, 0.6) is 0 Å². The Hall–Kier alpha value is 0.310. The van der Waals surface area contributed by atoms with Crippen molar-refractivity contribution in [3.05, 3.63) is 23.5 Å². The highest BCUT2D eigenvalue weighted by Gasteiger charge is 2.27. The highest BCUT2D eigenvalue weighted by molar-refractivity contribution is 8.65. The molecule has 0 bridgehead atoms. The molecule has 22 heavy (non-hydrogen) atoms. The van der Waals surface area contributed by atoms with Gasteiger partial charge in [0.25, 0.3) is 0 Å². The minimum absolute atomic E-state index is 0.0763. The molecule has 0 atom stereocenters. The van der Waals surface area contributed by atoms with Crippen LogP contribution in [-0.4, -0.2) is 21.8 Å². The Kier molecular flexibility index (Phi) is 5.98. The molecule has 0 spiro atoms. The average molecular weight is 389 g/mol. The van der Waals surface area contributed by atoms with E-state index in [1.54, 1.807) is 47.0 Å². The molecule has 2 heterocycles. The molecule has 0 saturated carbocycles. The number of thiocarbonyl (C=S) groups is 1. The lowest BCUT2D eigenvalue weighted by Gasteiger charge is -2.26. The molecule has 2 nitrogen and oxygen atoms in total. The average Bonchev–Trinajstić information content (AvgIpc) is 2.21. The summed E-state index contributed by atoms with van der Waals surface area (Å²) in [5, 5.41) is 0. The second kappa shape index (κ2) is 7.05. The zero-order valence-corrected chi connectivity index (χ0v) is 17.7. The van der Waals surface area contributed by atoms with E-state index in [0.717, 1.165) is 23.7 Å². The lowest BCUT2D eigenvalue weighted by molar-refractivity contribution is 0.885. The highest BCUT2D eigenvalue weighted by Crippen LogP contribution is 2.42. The van der Waals surface area contributed by atoms with Crippen LogP contribution >= 0.6 is 59.3 Å². The van der Waals surface area contributed by atoms with Crippen LogP contribution in [0.3, 0.4) is 0 Å². The monoisotopic (exact) mass is 388 g/mol. The Bertz CT molecular complexity index is 559. The van der Waals surface area contributed by atoms with Gasteiger partial charge in [0.2, 0.25) is 0 Å². The molecule has 2 aliphatic rings. The molecule has 0 radical (unpaired) electrons. The van der Waals surface area contributed by atoms with E-state index in [-0.39, 0.29) is 9.49 Å². The molecular formula is C15H20N2S5. The summed E-state index contributed by atoms with van der Waals surface area (Å²) in [7, 11) is 0. The van der Waals surface area contributed by atoms with E-state index in [0.29, 0.717) is 0 Å². The predicted octanol–water partition coefficient (Wildman–Crippen LogP) is 6.31. The fourth-order valence-electron chi connectivity index (χ4n) is 2.16. The third-order valence-corrected chi connectivity index (χ3v) is 7.38. The first-order valence-corrected chi connectivity index (χ1v) is 10.6. The van der Waals surface area contributed by atoms with Gasteiger partial charge in [-0.1, -0.05) is 35.7 Å². The zero-order chi connectivity index (χ0) is 16.5. The summed E-state index contributed by atoms with van der Waals surface area (Å²) in [4.78, 5) is 9.20. The van der Waals surface area contributed by atoms with Crippen molar-refractivity contribution in [2.24, 2.45) is 9.98 Å². The van der Waals surface area contributed by atoms with E-state index in [2.05, 4.69) is 49.8 Å². The first kappa shape index (κ1) is 18.6. The molecule has 0 N–H and O–H groups in total. The van der Waals surface area contributed by atoms with E-state index < -0.39 is 0 Å². The summed E-state index contributed by atoms with van der Waals surface area (Å²) in [5.74, 6) is 0. The second-order valence-corrected chi connectivity index (χ2v) is 13.2. The van der Waals surface area contributed by atoms with Crippen molar-refractivity contribution in [1.82, 2.24) is 0 Å². The molecule has 7 heteroatoms. The fraction of sp³-hybridized carbons (Fsp3) is 0.533. The van der Waals surface area contributed by atoms with Gasteiger partial charge in [0, 0.05) is 20.9 Å². The SMILES string of the molecule is CC1=CC(C)(C)SC(SC(=S)SC2=NC(C)=CC(C)(C)S2)=N1. The molecule has 0 aromatic rings. The number of allylic oxidation sites excluding steroid dienone is 2. The van der Waals surface area contributed by atoms with Gasteiger partial charge in [-0.25, -0.2) is 9.98 Å². The third-order valence-electron chi connectivity index (χ3n) is 2.69. The third kappa shape index (κ3) is 5.74. The largest absolute Gasteiger partial charge is 0.240 e. The second-order valence-electron chi connectivity index (χ2n) is 6.19. The molecular weight excluding hydrogens is 369 g/mol. The number of rotatable bonds is 0. The fourth-order valence-corrected chi connectivity index (χ4v) is 8.44. The molecule has 120 valence electrons. The molecule has 2 rings (SSSR count). The van der Waals surface area contributed by atoms with Crippen LogP contribution in [0.4, 0.5) is 0 Å². The maximum Gasteiger partial charge on any atom is 0.137 e. The van der Waals surface area contributed by atoms with Gasteiger partial charge in [0.1, 0.15) is 12.3 Å². The molecule has 2 aliphatic heterocycles. The number of aliphatic imine (C=N–C) groups is 2. The summed E-state index contributed by atoms with van der Waals surface area (Å²) >= 11 is 12.2. The maximum atomic E-state index is 5.54. The summed E-state index contributed by atoms with van der Waals surface area (Å²) < 4.78 is 3.05. The quantitative estimate of drug-likeness (QED) is 0.453. The number of thioether (sulfide) groups is 4. The van der Waals surface area contributed by atoms with Gasteiger partial charge in [-0.15, -0.1) is 0 Å². The Morgan fingerprint density at radius 1 is 0.909 bits per heavy atom. The molecule has 0 amide bonds. The van der Waals surface area contributed by atoms with Crippen molar-refractivity contribution in [2.45, 2.75) is 51.0 Å². The first-order valence-electron chi connectivity index (χ1n) is 6.89. The number of hydrogen-bond acceptors (Lipinski definition) is 7. The van der Waals surface area contributed by atoms with Crippen LogP contribution in [0.2, 0.25) is 0 Å². The Morgan fingerprint density at radius 2 is 1.27 bits per heavy atom. The minimum atomic E-state index is 0.0763. The van der Waals surface area contributed by atoms with Gasteiger partial charge < -0.3 is 0 Å². The van der Waals surface area contributed by atoms with Gasteiger partial charge >= 0.3 is 0 Å². The van der Waals surface area contributed by atoms with Crippen LogP contribution < -0.4 is 0 Å². The molecule has 0 saturated heterocycles. The summed E-state index contributed by atoms with van der Waals surface area (Å²) in [6.07, 6.45) is 4.38. The zero-order valence-electron chi connectivity index (χ0n) is 13.6. The van der Waals surface area contributed by atoms with Gasteiger partial charge in [0.15, 0.2) is 0 Å². The lowest BCUT2D eigenvalue weighted by Crippen LogP contribution is -2.18. The standard InChI is InChI=1S/C15H20N2S5/c1-9-7-14(3,4)21-11(16-9)19-13(18)20-12-17-10(2)8-15(5,6)22-12/h7-8H,1-6H3. The van der Waals surface area contributed by atoms with E-state index in [4.69, 9.17) is 12.2 Å². The molecule has 0 unspecified atom stereocenters. The summed E-state index contributed by atoms with van der Waals surface area (Å²) in [6, 6.07) is 0. The van der Waals surface area contributed by atoms with E-state index in [9.17, 15) is 0 Å². The lowest BCUT2D eigenvalue weighted by atomic mass is 10.2. The summed E-state index contributed by atoms with van der Waals surface area (Å²) in [5.41, 5.74) is 2.12. The van der Waals surface area contributed by atoms with Crippen LogP contribution in [-0.2, 0) is 0 Å². The van der Waals surface area contributed by atoms with Crippen LogP contribution in [0, 0.1) is 0 Å². The number of hydrogen-bond donors (Lipinski definition) is 0. The molecule has 0 fully saturated rings. The normalized spacial score (nSPS) is 23.2. The maximum absolute atomic E-state index is 5.54. The summed E-state index contributed by atoms with van der Waals surface area (Å²) in [6.45, 7) is 12.9. The van der Waals surface area contributed by atoms with Crippen molar-refractivity contribution < 1.29 is 0 Å². The van der Waals surface area contributed by atoms with Gasteiger partial charge in [-0.05, 0) is 77.2 Å². The van der Waals surface area contributed by atoms with Gasteiger partial charge in [0.05, 0.1) is 0 Å². The Balaban J connectivity index is 2.00. The van der Waals surface area contributed by atoms with Crippen LogP contribution in [0.25, 0.3) is 0 Å². The predicted molar refractivity (Wildman–Crippen MR) is 114 cm³/mol. The molecule has 0 aliphatic carbocycles. The topological polar surface area (TPSA) is 24.7 Å². The molecule has 0 aromatic heterocycles. The number of nitrogens with zero attached hydrogens (tertiary/aromatic N) is 2. The highest BCUT2D eigenvalue weighted by atomic mass is 32.3. The van der Waals surface area contributed by atoms with Crippen molar-refractivity contribution >= 4 is 71.5 Å². The van der Waals surface area contributed by atoms with Crippen molar-refractivity contribution in [2.75, 3.05) is 0 Å².